The Bertz CT molecular complexity index is 213. The summed E-state index contributed by atoms with van der Waals surface area (Å²) < 4.78 is 10.3. The van der Waals surface area contributed by atoms with Crippen molar-refractivity contribution in [2.24, 2.45) is 5.73 Å². The lowest BCUT2D eigenvalue weighted by Gasteiger charge is -2.32. The number of carbonyl (C=O) groups excluding carboxylic acids is 1. The van der Waals surface area contributed by atoms with Crippen LogP contribution in [-0.2, 0) is 9.47 Å². The van der Waals surface area contributed by atoms with Crippen LogP contribution in [-0.4, -0.2) is 42.5 Å². The van der Waals surface area contributed by atoms with Crippen molar-refractivity contribution >= 4 is 6.09 Å². The van der Waals surface area contributed by atoms with Gasteiger partial charge in [0, 0.05) is 6.54 Å². The molecule has 1 fully saturated rings. The molecule has 14 heavy (non-hydrogen) atoms. The molecular formula is C9H18N2O3. The third-order valence-electron chi connectivity index (χ3n) is 1.75. The second-order valence-electron chi connectivity index (χ2n) is 4.34. The molecule has 0 aromatic heterocycles. The Morgan fingerprint density at radius 1 is 1.57 bits per heavy atom. The van der Waals surface area contributed by atoms with Crippen LogP contribution in [0.5, 0.6) is 0 Å². The highest BCUT2D eigenvalue weighted by molar-refractivity contribution is 5.68. The van der Waals surface area contributed by atoms with E-state index < -0.39 is 11.8 Å². The van der Waals surface area contributed by atoms with Crippen LogP contribution in [0.1, 0.15) is 20.8 Å². The van der Waals surface area contributed by atoms with Gasteiger partial charge in [-0.3, -0.25) is 0 Å². The highest BCUT2D eigenvalue weighted by Gasteiger charge is 2.26. The molecule has 1 atom stereocenters. The zero-order valence-corrected chi connectivity index (χ0v) is 8.95. The van der Waals surface area contributed by atoms with Crippen LogP contribution in [0, 0.1) is 0 Å². The van der Waals surface area contributed by atoms with Crippen LogP contribution in [0.15, 0.2) is 0 Å². The summed E-state index contributed by atoms with van der Waals surface area (Å²) in [5.74, 6) is 0. The van der Waals surface area contributed by atoms with E-state index >= 15 is 0 Å². The van der Waals surface area contributed by atoms with Crippen molar-refractivity contribution in [3.8, 4) is 0 Å². The number of nitrogens with two attached hydrogens (primary N) is 1. The number of nitrogens with zero attached hydrogens (tertiary/aromatic N) is 1. The molecule has 0 unspecified atom stereocenters. The van der Waals surface area contributed by atoms with E-state index in [1.165, 1.54) is 0 Å². The number of ether oxygens (including phenoxy) is 2. The van der Waals surface area contributed by atoms with E-state index in [-0.39, 0.29) is 6.09 Å². The maximum Gasteiger partial charge on any atom is 0.410 e. The highest BCUT2D eigenvalue weighted by Crippen LogP contribution is 2.11. The first kappa shape index (κ1) is 11.3. The first-order chi connectivity index (χ1) is 6.38. The van der Waals surface area contributed by atoms with Gasteiger partial charge in [0.15, 0.2) is 0 Å². The Balaban J connectivity index is 2.44. The van der Waals surface area contributed by atoms with Gasteiger partial charge >= 0.3 is 6.09 Å². The quantitative estimate of drug-likeness (QED) is 0.622. The minimum absolute atomic E-state index is 0.323. The van der Waals surface area contributed by atoms with E-state index in [4.69, 9.17) is 15.2 Å². The van der Waals surface area contributed by atoms with Gasteiger partial charge in [-0.25, -0.2) is 4.79 Å². The molecule has 5 nitrogen and oxygen atoms in total. The fourth-order valence-corrected chi connectivity index (χ4v) is 1.17. The molecule has 1 aliphatic rings. The lowest BCUT2D eigenvalue weighted by Crippen LogP contribution is -2.50. The minimum Gasteiger partial charge on any atom is -0.444 e. The summed E-state index contributed by atoms with van der Waals surface area (Å²) in [6, 6.07) is 0. The van der Waals surface area contributed by atoms with E-state index in [1.807, 2.05) is 20.8 Å². The number of hydrogen-bond acceptors (Lipinski definition) is 4. The standard InChI is InChI=1S/C9H18N2O3/c1-9(2,3)14-8(12)11-4-5-13-7(10)6-11/h7H,4-6,10H2,1-3H3/t7-/m0/s1. The van der Waals surface area contributed by atoms with Crippen LogP contribution in [0.4, 0.5) is 4.79 Å². The normalized spacial score (nSPS) is 23.4. The van der Waals surface area contributed by atoms with E-state index in [2.05, 4.69) is 0 Å². The summed E-state index contributed by atoms with van der Waals surface area (Å²) in [5, 5.41) is 0. The Morgan fingerprint density at radius 3 is 2.71 bits per heavy atom. The summed E-state index contributed by atoms with van der Waals surface area (Å²) in [7, 11) is 0. The molecule has 2 N–H and O–H groups in total. The van der Waals surface area contributed by atoms with Crippen molar-refractivity contribution in [2.75, 3.05) is 19.7 Å². The van der Waals surface area contributed by atoms with Crippen molar-refractivity contribution in [3.63, 3.8) is 0 Å². The zero-order valence-electron chi connectivity index (χ0n) is 8.95. The van der Waals surface area contributed by atoms with Gasteiger partial charge in [0.05, 0.1) is 13.2 Å². The summed E-state index contributed by atoms with van der Waals surface area (Å²) in [6.07, 6.45) is -0.715. The molecule has 0 radical (unpaired) electrons. The lowest BCUT2D eigenvalue weighted by atomic mass is 10.2. The van der Waals surface area contributed by atoms with Crippen molar-refractivity contribution in [1.82, 2.24) is 4.90 Å². The van der Waals surface area contributed by atoms with Crippen molar-refractivity contribution in [1.29, 1.82) is 0 Å². The molecule has 82 valence electrons. The van der Waals surface area contributed by atoms with Gasteiger partial charge < -0.3 is 20.1 Å². The highest BCUT2D eigenvalue weighted by atomic mass is 16.6. The molecule has 0 bridgehead atoms. The average Bonchev–Trinajstić information content (AvgIpc) is 2.01. The van der Waals surface area contributed by atoms with Crippen LogP contribution in [0.3, 0.4) is 0 Å². The van der Waals surface area contributed by atoms with Crippen LogP contribution in [0.2, 0.25) is 0 Å². The molecule has 1 rings (SSSR count). The molecule has 1 aliphatic heterocycles. The molecule has 0 aromatic carbocycles. The smallest absolute Gasteiger partial charge is 0.410 e. The number of morpholine rings is 1. The fourth-order valence-electron chi connectivity index (χ4n) is 1.17. The molecule has 1 amide bonds. The molecule has 0 aromatic rings. The van der Waals surface area contributed by atoms with Crippen molar-refractivity contribution < 1.29 is 14.3 Å². The Kier molecular flexibility index (Phi) is 3.34. The molecule has 1 heterocycles. The lowest BCUT2D eigenvalue weighted by molar-refractivity contribution is -0.0395. The number of amides is 1. The Labute approximate surface area is 84.1 Å². The topological polar surface area (TPSA) is 64.8 Å². The first-order valence-corrected chi connectivity index (χ1v) is 4.73. The summed E-state index contributed by atoms with van der Waals surface area (Å²) in [5.41, 5.74) is 5.10. The van der Waals surface area contributed by atoms with Gasteiger partial charge in [-0.1, -0.05) is 0 Å². The van der Waals surface area contributed by atoms with Crippen molar-refractivity contribution in [2.45, 2.75) is 32.6 Å². The van der Waals surface area contributed by atoms with Crippen molar-refractivity contribution in [3.05, 3.63) is 0 Å². The first-order valence-electron chi connectivity index (χ1n) is 4.73. The van der Waals surface area contributed by atoms with Gasteiger partial charge in [0.1, 0.15) is 11.8 Å². The molecule has 5 heteroatoms. The third kappa shape index (κ3) is 3.51. The fraction of sp³-hybridized carbons (Fsp3) is 0.889. The largest absolute Gasteiger partial charge is 0.444 e. The van der Waals surface area contributed by atoms with Gasteiger partial charge in [-0.05, 0) is 20.8 Å². The summed E-state index contributed by atoms with van der Waals surface area (Å²) in [4.78, 5) is 13.1. The molecule has 0 spiro atoms. The monoisotopic (exact) mass is 202 g/mol. The van der Waals surface area contributed by atoms with E-state index in [0.29, 0.717) is 19.7 Å². The summed E-state index contributed by atoms with van der Waals surface area (Å²) in [6.45, 7) is 6.93. The van der Waals surface area contributed by atoms with Gasteiger partial charge in [-0.2, -0.15) is 0 Å². The molecular weight excluding hydrogens is 184 g/mol. The van der Waals surface area contributed by atoms with Gasteiger partial charge in [-0.15, -0.1) is 0 Å². The average molecular weight is 202 g/mol. The maximum atomic E-state index is 11.6. The van der Waals surface area contributed by atoms with Crippen LogP contribution < -0.4 is 5.73 Å². The van der Waals surface area contributed by atoms with Crippen LogP contribution in [0.25, 0.3) is 0 Å². The summed E-state index contributed by atoms with van der Waals surface area (Å²) >= 11 is 0. The predicted molar refractivity (Wildman–Crippen MR) is 51.7 cm³/mol. The minimum atomic E-state index is -0.459. The second-order valence-corrected chi connectivity index (χ2v) is 4.34. The molecule has 0 aliphatic carbocycles. The molecule has 0 saturated carbocycles. The predicted octanol–water partition coefficient (Wildman–Crippen LogP) is 0.539. The van der Waals surface area contributed by atoms with E-state index in [0.717, 1.165) is 0 Å². The van der Waals surface area contributed by atoms with E-state index in [1.54, 1.807) is 4.90 Å². The molecule has 1 saturated heterocycles. The Morgan fingerprint density at radius 2 is 2.21 bits per heavy atom. The third-order valence-corrected chi connectivity index (χ3v) is 1.75. The SMILES string of the molecule is CC(C)(C)OC(=O)N1CCO[C@H](N)C1. The number of rotatable bonds is 0. The number of carbonyl (C=O) groups is 1. The maximum absolute atomic E-state index is 11.6. The number of hydrogen-bond donors (Lipinski definition) is 1. The van der Waals surface area contributed by atoms with Gasteiger partial charge in [0.2, 0.25) is 0 Å². The van der Waals surface area contributed by atoms with Crippen LogP contribution >= 0.6 is 0 Å². The zero-order chi connectivity index (χ0) is 10.8. The second kappa shape index (κ2) is 4.14. The van der Waals surface area contributed by atoms with E-state index in [9.17, 15) is 4.79 Å². The van der Waals surface area contributed by atoms with Gasteiger partial charge in [0.25, 0.3) is 0 Å². The Hall–Kier alpha value is -0.810.